The van der Waals surface area contributed by atoms with Crippen LogP contribution in [-0.4, -0.2) is 39.9 Å². The van der Waals surface area contributed by atoms with E-state index in [1.165, 1.54) is 0 Å². The third kappa shape index (κ3) is 4.23. The summed E-state index contributed by atoms with van der Waals surface area (Å²) in [5, 5.41) is 10.9. The molecule has 1 unspecified atom stereocenters. The number of nitrogens with zero attached hydrogens (tertiary/aromatic N) is 1. The number of benzene rings is 1. The minimum absolute atomic E-state index is 0.206. The zero-order valence-electron chi connectivity index (χ0n) is 14.0. The highest BCUT2D eigenvalue weighted by molar-refractivity contribution is 5.69. The highest BCUT2D eigenvalue weighted by atomic mass is 16.6. The van der Waals surface area contributed by atoms with Gasteiger partial charge in [0, 0.05) is 13.0 Å². The number of carbonyl (C=O) groups excluding carboxylic acids is 1. The standard InChI is InChI=1S/C18H27NO3/c1-17(2,3)22-16(20)19-12-8-11-15(19)18(4,21)13-14-9-6-5-7-10-14/h5-7,9-10,15,21H,8,11-13H2,1-4H3/t15-,18?/m0/s1. The van der Waals surface area contributed by atoms with Gasteiger partial charge in [-0.3, -0.25) is 0 Å². The molecule has 122 valence electrons. The molecule has 1 amide bonds. The predicted molar refractivity (Wildman–Crippen MR) is 86.7 cm³/mol. The topological polar surface area (TPSA) is 49.8 Å². The van der Waals surface area contributed by atoms with Crippen LogP contribution in [-0.2, 0) is 11.2 Å². The van der Waals surface area contributed by atoms with Gasteiger partial charge in [-0.15, -0.1) is 0 Å². The van der Waals surface area contributed by atoms with Gasteiger partial charge in [0.25, 0.3) is 0 Å². The van der Waals surface area contributed by atoms with Gasteiger partial charge >= 0.3 is 6.09 Å². The van der Waals surface area contributed by atoms with Gasteiger partial charge in [-0.05, 0) is 46.1 Å². The first-order valence-electron chi connectivity index (χ1n) is 7.95. The molecule has 0 radical (unpaired) electrons. The molecule has 1 N–H and O–H groups in total. The molecule has 1 aliphatic rings. The van der Waals surface area contributed by atoms with E-state index in [1.807, 2.05) is 58.0 Å². The van der Waals surface area contributed by atoms with E-state index in [1.54, 1.807) is 4.90 Å². The average molecular weight is 305 g/mol. The van der Waals surface area contributed by atoms with Gasteiger partial charge < -0.3 is 14.7 Å². The zero-order chi connectivity index (χ0) is 16.4. The van der Waals surface area contributed by atoms with Crippen LogP contribution in [0.15, 0.2) is 30.3 Å². The van der Waals surface area contributed by atoms with Gasteiger partial charge in [-0.2, -0.15) is 0 Å². The van der Waals surface area contributed by atoms with Crippen molar-refractivity contribution in [2.75, 3.05) is 6.54 Å². The summed E-state index contributed by atoms with van der Waals surface area (Å²) in [6, 6.07) is 9.68. The SMILES string of the molecule is CC(C)(C)OC(=O)N1CCC[C@H]1C(C)(O)Cc1ccccc1. The molecule has 1 aliphatic heterocycles. The Labute approximate surface area is 133 Å². The first-order chi connectivity index (χ1) is 10.2. The fourth-order valence-electron chi connectivity index (χ4n) is 3.08. The van der Waals surface area contributed by atoms with Crippen LogP contribution in [0.3, 0.4) is 0 Å². The van der Waals surface area contributed by atoms with Crippen molar-refractivity contribution < 1.29 is 14.6 Å². The zero-order valence-corrected chi connectivity index (χ0v) is 14.0. The first-order valence-corrected chi connectivity index (χ1v) is 7.95. The van der Waals surface area contributed by atoms with Gasteiger partial charge in [-0.1, -0.05) is 30.3 Å². The van der Waals surface area contributed by atoms with E-state index in [4.69, 9.17) is 4.74 Å². The maximum atomic E-state index is 12.4. The molecule has 2 atom stereocenters. The molecule has 1 heterocycles. The number of hydrogen-bond donors (Lipinski definition) is 1. The molecule has 0 bridgehead atoms. The number of rotatable bonds is 3. The molecule has 1 aromatic rings. The fraction of sp³-hybridized carbons (Fsp3) is 0.611. The second kappa shape index (κ2) is 6.29. The average Bonchev–Trinajstić information content (AvgIpc) is 2.87. The molecule has 1 saturated heterocycles. The third-order valence-electron chi connectivity index (χ3n) is 4.00. The molecule has 4 nitrogen and oxygen atoms in total. The van der Waals surface area contributed by atoms with Crippen molar-refractivity contribution in [2.24, 2.45) is 0 Å². The van der Waals surface area contributed by atoms with Crippen LogP contribution in [0.5, 0.6) is 0 Å². The van der Waals surface area contributed by atoms with Crippen molar-refractivity contribution in [3.63, 3.8) is 0 Å². The highest BCUT2D eigenvalue weighted by Gasteiger charge is 2.42. The summed E-state index contributed by atoms with van der Waals surface area (Å²) in [6.07, 6.45) is 1.90. The molecular formula is C18H27NO3. The Morgan fingerprint density at radius 3 is 2.50 bits per heavy atom. The van der Waals surface area contributed by atoms with Crippen LogP contribution in [0, 0.1) is 0 Å². The predicted octanol–water partition coefficient (Wildman–Crippen LogP) is 3.38. The number of likely N-dealkylation sites (tertiary alicyclic amines) is 1. The second-order valence-electron chi connectivity index (χ2n) is 7.35. The summed E-state index contributed by atoms with van der Waals surface area (Å²) in [7, 11) is 0. The van der Waals surface area contributed by atoms with Gasteiger partial charge in [0.05, 0.1) is 11.6 Å². The lowest BCUT2D eigenvalue weighted by molar-refractivity contribution is -0.0333. The minimum Gasteiger partial charge on any atom is -0.444 e. The molecule has 0 saturated carbocycles. The Hall–Kier alpha value is -1.55. The maximum absolute atomic E-state index is 12.4. The molecule has 1 fully saturated rings. The molecule has 0 spiro atoms. The quantitative estimate of drug-likeness (QED) is 0.931. The minimum atomic E-state index is -0.964. The Morgan fingerprint density at radius 2 is 1.91 bits per heavy atom. The molecule has 1 aromatic carbocycles. The van der Waals surface area contributed by atoms with E-state index in [-0.39, 0.29) is 12.1 Å². The van der Waals surface area contributed by atoms with Crippen molar-refractivity contribution in [1.29, 1.82) is 0 Å². The van der Waals surface area contributed by atoms with E-state index in [2.05, 4.69) is 0 Å². The third-order valence-corrected chi connectivity index (χ3v) is 4.00. The monoisotopic (exact) mass is 305 g/mol. The lowest BCUT2D eigenvalue weighted by atomic mass is 9.87. The number of ether oxygens (including phenoxy) is 1. The van der Waals surface area contributed by atoms with Crippen LogP contribution in [0.4, 0.5) is 4.79 Å². The maximum Gasteiger partial charge on any atom is 0.410 e. The Kier molecular flexibility index (Phi) is 4.81. The van der Waals surface area contributed by atoms with Gasteiger partial charge in [-0.25, -0.2) is 4.79 Å². The van der Waals surface area contributed by atoms with Crippen LogP contribution in [0.25, 0.3) is 0 Å². The number of amides is 1. The van der Waals surface area contributed by atoms with Crippen molar-refractivity contribution in [2.45, 2.75) is 64.2 Å². The molecule has 22 heavy (non-hydrogen) atoms. The second-order valence-corrected chi connectivity index (χ2v) is 7.35. The fourth-order valence-corrected chi connectivity index (χ4v) is 3.08. The summed E-state index contributed by atoms with van der Waals surface area (Å²) in [5.41, 5.74) is -0.409. The lowest BCUT2D eigenvalue weighted by Crippen LogP contribution is -2.52. The van der Waals surface area contributed by atoms with E-state index in [0.29, 0.717) is 13.0 Å². The smallest absolute Gasteiger partial charge is 0.410 e. The van der Waals surface area contributed by atoms with Gasteiger partial charge in [0.15, 0.2) is 0 Å². The van der Waals surface area contributed by atoms with Crippen LogP contribution >= 0.6 is 0 Å². The van der Waals surface area contributed by atoms with Crippen molar-refractivity contribution >= 4 is 6.09 Å². The van der Waals surface area contributed by atoms with E-state index in [0.717, 1.165) is 18.4 Å². The molecule has 2 rings (SSSR count). The largest absolute Gasteiger partial charge is 0.444 e. The van der Waals surface area contributed by atoms with E-state index in [9.17, 15) is 9.90 Å². The van der Waals surface area contributed by atoms with E-state index < -0.39 is 11.2 Å². The number of carbonyl (C=O) groups is 1. The molecule has 0 aliphatic carbocycles. The van der Waals surface area contributed by atoms with Crippen molar-refractivity contribution in [1.82, 2.24) is 4.90 Å². The summed E-state index contributed by atoms with van der Waals surface area (Å²) < 4.78 is 5.47. The number of aliphatic hydroxyl groups is 1. The first kappa shape index (κ1) is 16.8. The summed E-state index contributed by atoms with van der Waals surface area (Å²) in [4.78, 5) is 14.1. The normalized spacial score (nSPS) is 21.5. The summed E-state index contributed by atoms with van der Waals surface area (Å²) in [5.74, 6) is 0. The van der Waals surface area contributed by atoms with Gasteiger partial charge in [0.1, 0.15) is 5.60 Å². The Bertz CT molecular complexity index is 505. The van der Waals surface area contributed by atoms with Crippen molar-refractivity contribution in [3.8, 4) is 0 Å². The van der Waals surface area contributed by atoms with Gasteiger partial charge in [0.2, 0.25) is 0 Å². The van der Waals surface area contributed by atoms with Crippen LogP contribution < -0.4 is 0 Å². The summed E-state index contributed by atoms with van der Waals surface area (Å²) >= 11 is 0. The molecule has 4 heteroatoms. The van der Waals surface area contributed by atoms with Crippen LogP contribution in [0.1, 0.15) is 46.1 Å². The lowest BCUT2D eigenvalue weighted by Gasteiger charge is -2.37. The summed E-state index contributed by atoms with van der Waals surface area (Å²) in [6.45, 7) is 8.03. The van der Waals surface area contributed by atoms with Crippen molar-refractivity contribution in [3.05, 3.63) is 35.9 Å². The Morgan fingerprint density at radius 1 is 1.27 bits per heavy atom. The molecule has 0 aromatic heterocycles. The van der Waals surface area contributed by atoms with Crippen LogP contribution in [0.2, 0.25) is 0 Å². The van der Waals surface area contributed by atoms with E-state index >= 15 is 0 Å². The molecular weight excluding hydrogens is 278 g/mol. The highest BCUT2D eigenvalue weighted by Crippen LogP contribution is 2.31. The number of hydrogen-bond acceptors (Lipinski definition) is 3. The Balaban J connectivity index is 2.10.